The van der Waals surface area contributed by atoms with Crippen molar-refractivity contribution in [2.45, 2.75) is 38.8 Å². The van der Waals surface area contributed by atoms with Gasteiger partial charge in [0, 0.05) is 30.1 Å². The number of benzene rings is 1. The molecule has 0 saturated carbocycles. The van der Waals surface area contributed by atoms with Gasteiger partial charge in [-0.2, -0.15) is 10.4 Å². The van der Waals surface area contributed by atoms with Crippen LogP contribution < -0.4 is 10.6 Å². The SMILES string of the molecule is Cc1cnc(Nc2cnn(C3CCO[C@H](C)C3)c2)nc1-c1ccc(C(=O)NCC#N)cc1. The largest absolute Gasteiger partial charge is 0.378 e. The summed E-state index contributed by atoms with van der Waals surface area (Å²) in [6.45, 7) is 4.75. The number of anilines is 2. The minimum absolute atomic E-state index is 0.0230. The molecule has 2 N–H and O–H groups in total. The van der Waals surface area contributed by atoms with E-state index in [0.29, 0.717) is 17.6 Å². The van der Waals surface area contributed by atoms with E-state index in [4.69, 9.17) is 10.00 Å². The topological polar surface area (TPSA) is 118 Å². The molecular formula is C23H25N7O2. The molecule has 164 valence electrons. The van der Waals surface area contributed by atoms with Gasteiger partial charge in [0.1, 0.15) is 6.54 Å². The maximum atomic E-state index is 12.0. The summed E-state index contributed by atoms with van der Waals surface area (Å²) in [6.07, 6.45) is 7.64. The fourth-order valence-electron chi connectivity index (χ4n) is 3.74. The van der Waals surface area contributed by atoms with Crippen LogP contribution in [-0.4, -0.2) is 44.9 Å². The summed E-state index contributed by atoms with van der Waals surface area (Å²) in [5.74, 6) is 0.192. The van der Waals surface area contributed by atoms with Crippen molar-refractivity contribution >= 4 is 17.5 Å². The summed E-state index contributed by atoms with van der Waals surface area (Å²) in [5, 5.41) is 18.9. The Morgan fingerprint density at radius 2 is 2.12 bits per heavy atom. The number of nitrogens with zero attached hydrogens (tertiary/aromatic N) is 5. The van der Waals surface area contributed by atoms with Crippen molar-refractivity contribution in [2.24, 2.45) is 0 Å². The zero-order chi connectivity index (χ0) is 22.5. The quantitative estimate of drug-likeness (QED) is 0.574. The monoisotopic (exact) mass is 431 g/mol. The molecule has 4 rings (SSSR count). The van der Waals surface area contributed by atoms with E-state index in [1.807, 2.05) is 36.0 Å². The minimum Gasteiger partial charge on any atom is -0.378 e. The lowest BCUT2D eigenvalue weighted by atomic mass is 10.1. The lowest BCUT2D eigenvalue weighted by molar-refractivity contribution is 0.00351. The number of amides is 1. The van der Waals surface area contributed by atoms with E-state index in [-0.39, 0.29) is 18.6 Å². The average molecular weight is 432 g/mol. The molecule has 1 aliphatic heterocycles. The third-order valence-corrected chi connectivity index (χ3v) is 5.41. The lowest BCUT2D eigenvalue weighted by Gasteiger charge is -2.27. The highest BCUT2D eigenvalue weighted by Gasteiger charge is 2.21. The Morgan fingerprint density at radius 1 is 1.31 bits per heavy atom. The Kier molecular flexibility index (Phi) is 6.42. The van der Waals surface area contributed by atoms with Crippen LogP contribution in [-0.2, 0) is 4.74 Å². The molecule has 0 spiro atoms. The first-order chi connectivity index (χ1) is 15.5. The molecule has 1 amide bonds. The maximum absolute atomic E-state index is 12.0. The van der Waals surface area contributed by atoms with Crippen LogP contribution in [0.4, 0.5) is 11.6 Å². The number of hydrogen-bond donors (Lipinski definition) is 2. The molecule has 0 aliphatic carbocycles. The van der Waals surface area contributed by atoms with Crippen LogP contribution in [0.2, 0.25) is 0 Å². The van der Waals surface area contributed by atoms with Gasteiger partial charge in [-0.05, 0) is 44.4 Å². The van der Waals surface area contributed by atoms with Gasteiger partial charge < -0.3 is 15.4 Å². The third kappa shape index (κ3) is 4.92. The first-order valence-electron chi connectivity index (χ1n) is 10.6. The predicted octanol–water partition coefficient (Wildman–Crippen LogP) is 3.39. The molecule has 2 aromatic heterocycles. The molecule has 1 fully saturated rings. The van der Waals surface area contributed by atoms with Crippen molar-refractivity contribution in [3.05, 3.63) is 54.0 Å². The van der Waals surface area contributed by atoms with Crippen molar-refractivity contribution in [2.75, 3.05) is 18.5 Å². The van der Waals surface area contributed by atoms with Gasteiger partial charge in [0.15, 0.2) is 0 Å². The number of aryl methyl sites for hydroxylation is 1. The molecule has 9 nitrogen and oxygen atoms in total. The number of nitriles is 1. The molecule has 1 aromatic carbocycles. The Labute approximate surface area is 186 Å². The van der Waals surface area contributed by atoms with E-state index in [1.165, 1.54) is 0 Å². The van der Waals surface area contributed by atoms with E-state index >= 15 is 0 Å². The van der Waals surface area contributed by atoms with Gasteiger partial charge >= 0.3 is 0 Å². The molecule has 1 aliphatic rings. The van der Waals surface area contributed by atoms with E-state index in [1.54, 1.807) is 24.5 Å². The number of carbonyl (C=O) groups excluding carboxylic acids is 1. The van der Waals surface area contributed by atoms with Crippen LogP contribution >= 0.6 is 0 Å². The second-order valence-electron chi connectivity index (χ2n) is 7.84. The maximum Gasteiger partial charge on any atom is 0.252 e. The van der Waals surface area contributed by atoms with Crippen LogP contribution in [0.3, 0.4) is 0 Å². The summed E-state index contributed by atoms with van der Waals surface area (Å²) < 4.78 is 7.60. The summed E-state index contributed by atoms with van der Waals surface area (Å²) in [4.78, 5) is 21.1. The molecule has 3 heterocycles. The fourth-order valence-corrected chi connectivity index (χ4v) is 3.74. The van der Waals surface area contributed by atoms with Gasteiger partial charge in [-0.1, -0.05) is 12.1 Å². The Morgan fingerprint density at radius 3 is 2.88 bits per heavy atom. The summed E-state index contributed by atoms with van der Waals surface area (Å²) in [7, 11) is 0. The summed E-state index contributed by atoms with van der Waals surface area (Å²) >= 11 is 0. The fraction of sp³-hybridized carbons (Fsp3) is 0.348. The van der Waals surface area contributed by atoms with Crippen LogP contribution in [0.5, 0.6) is 0 Å². The molecule has 1 saturated heterocycles. The van der Waals surface area contributed by atoms with Crippen molar-refractivity contribution in [3.8, 4) is 17.3 Å². The van der Waals surface area contributed by atoms with Gasteiger partial charge in [0.05, 0.1) is 35.8 Å². The molecule has 2 atom stereocenters. The van der Waals surface area contributed by atoms with E-state index in [9.17, 15) is 4.79 Å². The number of hydrogen-bond acceptors (Lipinski definition) is 7. The number of aromatic nitrogens is 4. The molecule has 0 radical (unpaired) electrons. The van der Waals surface area contributed by atoms with Crippen molar-refractivity contribution in [3.63, 3.8) is 0 Å². The zero-order valence-corrected chi connectivity index (χ0v) is 18.1. The summed E-state index contributed by atoms with van der Waals surface area (Å²) in [6, 6.07) is 9.33. The second-order valence-corrected chi connectivity index (χ2v) is 7.84. The Bertz CT molecular complexity index is 1130. The van der Waals surface area contributed by atoms with E-state index in [2.05, 4.69) is 32.6 Å². The second kappa shape index (κ2) is 9.58. The standard InChI is InChI=1S/C23H25N7O2/c1-15-12-26-23(28-19-13-27-30(14-19)20-7-10-32-16(2)11-20)29-21(15)17-3-5-18(6-4-17)22(31)25-9-8-24/h3-6,12-14,16,20H,7,9-11H2,1-2H3,(H,25,31)(H,26,28,29)/t16-,20?/m1/s1. The Hall–Kier alpha value is -3.77. The van der Waals surface area contributed by atoms with Crippen LogP contribution in [0.25, 0.3) is 11.3 Å². The van der Waals surface area contributed by atoms with Gasteiger partial charge in [0.2, 0.25) is 5.95 Å². The highest BCUT2D eigenvalue weighted by Crippen LogP contribution is 2.27. The molecule has 3 aromatic rings. The van der Waals surface area contributed by atoms with Crippen molar-refractivity contribution < 1.29 is 9.53 Å². The first kappa shape index (κ1) is 21.5. The number of ether oxygens (including phenoxy) is 1. The molecule has 32 heavy (non-hydrogen) atoms. The smallest absolute Gasteiger partial charge is 0.252 e. The van der Waals surface area contributed by atoms with Crippen LogP contribution in [0.15, 0.2) is 42.9 Å². The van der Waals surface area contributed by atoms with Crippen LogP contribution in [0.1, 0.15) is 41.7 Å². The highest BCUT2D eigenvalue weighted by molar-refractivity contribution is 5.94. The molecule has 9 heteroatoms. The minimum atomic E-state index is -0.282. The average Bonchev–Trinajstić information content (AvgIpc) is 3.27. The van der Waals surface area contributed by atoms with Gasteiger partial charge in [-0.15, -0.1) is 0 Å². The van der Waals surface area contributed by atoms with Crippen LogP contribution in [0, 0.1) is 18.3 Å². The number of rotatable bonds is 6. The Balaban J connectivity index is 1.49. The highest BCUT2D eigenvalue weighted by atomic mass is 16.5. The third-order valence-electron chi connectivity index (χ3n) is 5.41. The zero-order valence-electron chi connectivity index (χ0n) is 18.1. The number of carbonyl (C=O) groups is 1. The van der Waals surface area contributed by atoms with E-state index in [0.717, 1.165) is 42.0 Å². The van der Waals surface area contributed by atoms with E-state index < -0.39 is 0 Å². The first-order valence-corrected chi connectivity index (χ1v) is 10.6. The summed E-state index contributed by atoms with van der Waals surface area (Å²) in [5.41, 5.74) is 3.88. The van der Waals surface area contributed by atoms with Crippen molar-refractivity contribution in [1.82, 2.24) is 25.1 Å². The van der Waals surface area contributed by atoms with Gasteiger partial charge in [0.25, 0.3) is 5.91 Å². The normalized spacial score (nSPS) is 18.0. The predicted molar refractivity (Wildman–Crippen MR) is 119 cm³/mol. The van der Waals surface area contributed by atoms with Gasteiger partial charge in [-0.3, -0.25) is 9.48 Å². The molecule has 1 unspecified atom stereocenters. The van der Waals surface area contributed by atoms with Crippen molar-refractivity contribution in [1.29, 1.82) is 5.26 Å². The molecule has 0 bridgehead atoms. The lowest BCUT2D eigenvalue weighted by Crippen LogP contribution is -2.25. The number of nitrogens with one attached hydrogen (secondary N) is 2. The molecular weight excluding hydrogens is 406 g/mol. The van der Waals surface area contributed by atoms with Gasteiger partial charge in [-0.25, -0.2) is 9.97 Å².